The Morgan fingerprint density at radius 1 is 1.43 bits per heavy atom. The Labute approximate surface area is 133 Å². The first-order valence-corrected chi connectivity index (χ1v) is 8.96. The van der Waals surface area contributed by atoms with Crippen molar-refractivity contribution in [2.45, 2.75) is 40.0 Å². The summed E-state index contributed by atoms with van der Waals surface area (Å²) in [5.41, 5.74) is 1.52. The topological polar surface area (TPSA) is 42.0 Å². The lowest BCUT2D eigenvalue weighted by atomic mass is 9.73. The number of rotatable bonds is 2. The number of nitrogens with one attached hydrogen (secondary N) is 1. The second kappa shape index (κ2) is 5.54. The largest absolute Gasteiger partial charge is 0.297 e. The maximum Gasteiger partial charge on any atom is 0.267 e. The van der Waals surface area contributed by atoms with E-state index in [-0.39, 0.29) is 5.91 Å². The number of hydrogen-bond acceptors (Lipinski definition) is 4. The molecule has 0 spiro atoms. The van der Waals surface area contributed by atoms with Gasteiger partial charge in [-0.15, -0.1) is 22.7 Å². The number of thiophene rings is 1. The Kier molecular flexibility index (Phi) is 3.88. The molecule has 0 saturated heterocycles. The van der Waals surface area contributed by atoms with Gasteiger partial charge >= 0.3 is 0 Å². The van der Waals surface area contributed by atoms with Gasteiger partial charge < -0.3 is 0 Å². The van der Waals surface area contributed by atoms with Gasteiger partial charge in [-0.2, -0.15) is 0 Å². The number of anilines is 1. The molecule has 0 aliphatic heterocycles. The van der Waals surface area contributed by atoms with Crippen LogP contribution < -0.4 is 5.32 Å². The molecule has 1 aliphatic carbocycles. The fourth-order valence-corrected chi connectivity index (χ4v) is 4.44. The summed E-state index contributed by atoms with van der Waals surface area (Å²) >= 11 is 3.10. The van der Waals surface area contributed by atoms with E-state index in [9.17, 15) is 4.79 Å². The van der Waals surface area contributed by atoms with Crippen molar-refractivity contribution in [2.24, 2.45) is 11.3 Å². The van der Waals surface area contributed by atoms with Gasteiger partial charge in [0.2, 0.25) is 0 Å². The first-order valence-electron chi connectivity index (χ1n) is 7.27. The highest BCUT2D eigenvalue weighted by Crippen LogP contribution is 2.40. The van der Waals surface area contributed by atoms with E-state index < -0.39 is 0 Å². The van der Waals surface area contributed by atoms with Gasteiger partial charge in [0.05, 0.1) is 10.6 Å². The van der Waals surface area contributed by atoms with E-state index in [2.05, 4.69) is 31.1 Å². The van der Waals surface area contributed by atoms with E-state index in [0.29, 0.717) is 11.3 Å². The number of amides is 1. The molecule has 2 heterocycles. The van der Waals surface area contributed by atoms with E-state index in [4.69, 9.17) is 0 Å². The molecule has 3 nitrogen and oxygen atoms in total. The van der Waals surface area contributed by atoms with Crippen molar-refractivity contribution >= 4 is 33.7 Å². The van der Waals surface area contributed by atoms with Crippen LogP contribution in [-0.4, -0.2) is 10.9 Å². The van der Waals surface area contributed by atoms with Crippen LogP contribution in [0.15, 0.2) is 17.5 Å². The fraction of sp³-hybridized carbons (Fsp3) is 0.500. The zero-order valence-electron chi connectivity index (χ0n) is 12.6. The lowest BCUT2D eigenvalue weighted by Crippen LogP contribution is -2.26. The number of aryl methyl sites for hydroxylation is 1. The van der Waals surface area contributed by atoms with E-state index in [0.717, 1.165) is 22.9 Å². The predicted molar refractivity (Wildman–Crippen MR) is 89.4 cm³/mol. The molecule has 2 aromatic rings. The van der Waals surface area contributed by atoms with Crippen LogP contribution in [0.3, 0.4) is 0 Å². The second-order valence-corrected chi connectivity index (χ2v) is 8.66. The average molecular weight is 320 g/mol. The summed E-state index contributed by atoms with van der Waals surface area (Å²) in [6, 6.07) is 3.73. The molecule has 1 atom stereocenters. The molecule has 1 amide bonds. The molecule has 5 heteroatoms. The number of carbonyl (C=O) groups is 1. The normalized spacial score (nSPS) is 18.3. The molecule has 21 heavy (non-hydrogen) atoms. The van der Waals surface area contributed by atoms with Crippen LogP contribution in [0.25, 0.3) is 0 Å². The molecular formula is C16H20N2OS2. The average Bonchev–Trinajstić information content (AvgIpc) is 3.05. The smallest absolute Gasteiger partial charge is 0.267 e. The summed E-state index contributed by atoms with van der Waals surface area (Å²) in [6.07, 6.45) is 3.31. The van der Waals surface area contributed by atoms with Crippen molar-refractivity contribution in [1.82, 2.24) is 4.98 Å². The van der Waals surface area contributed by atoms with Gasteiger partial charge in [0.15, 0.2) is 5.13 Å². The minimum atomic E-state index is -0.0523. The van der Waals surface area contributed by atoms with Gasteiger partial charge in [0, 0.05) is 4.88 Å². The molecule has 112 valence electrons. The monoisotopic (exact) mass is 320 g/mol. The highest BCUT2D eigenvalue weighted by atomic mass is 32.1. The highest BCUT2D eigenvalue weighted by molar-refractivity contribution is 7.16. The van der Waals surface area contributed by atoms with Crippen molar-refractivity contribution in [3.8, 4) is 0 Å². The molecular weight excluding hydrogens is 300 g/mol. The van der Waals surface area contributed by atoms with Gasteiger partial charge in [0.1, 0.15) is 0 Å². The Hall–Kier alpha value is -1.20. The SMILES string of the molecule is CC(C)(C)[C@H]1CCc2nc(NC(=O)c3cccs3)sc2C1. The summed E-state index contributed by atoms with van der Waals surface area (Å²) in [7, 11) is 0. The Morgan fingerprint density at radius 3 is 2.90 bits per heavy atom. The van der Waals surface area contributed by atoms with Crippen molar-refractivity contribution < 1.29 is 4.79 Å². The number of hydrogen-bond donors (Lipinski definition) is 1. The lowest BCUT2D eigenvalue weighted by Gasteiger charge is -2.33. The maximum absolute atomic E-state index is 12.1. The molecule has 0 fully saturated rings. The van der Waals surface area contributed by atoms with Crippen molar-refractivity contribution in [3.05, 3.63) is 33.0 Å². The summed E-state index contributed by atoms with van der Waals surface area (Å²) in [5, 5.41) is 5.59. The van der Waals surface area contributed by atoms with E-state index >= 15 is 0 Å². The van der Waals surface area contributed by atoms with Gasteiger partial charge in [-0.3, -0.25) is 10.1 Å². The van der Waals surface area contributed by atoms with Crippen LogP contribution in [0.4, 0.5) is 5.13 Å². The third-order valence-electron chi connectivity index (χ3n) is 4.13. The van der Waals surface area contributed by atoms with Crippen LogP contribution in [0.1, 0.15) is 47.4 Å². The minimum Gasteiger partial charge on any atom is -0.297 e. The molecule has 0 saturated carbocycles. The summed E-state index contributed by atoms with van der Waals surface area (Å²) in [5.74, 6) is 0.648. The molecule has 1 aliphatic rings. The quantitative estimate of drug-likeness (QED) is 0.878. The van der Waals surface area contributed by atoms with Crippen molar-refractivity contribution in [3.63, 3.8) is 0 Å². The maximum atomic E-state index is 12.1. The van der Waals surface area contributed by atoms with Crippen molar-refractivity contribution in [1.29, 1.82) is 0 Å². The molecule has 0 unspecified atom stereocenters. The predicted octanol–water partition coefficient (Wildman–Crippen LogP) is 4.61. The first-order chi connectivity index (χ1) is 9.93. The zero-order valence-corrected chi connectivity index (χ0v) is 14.2. The third kappa shape index (κ3) is 3.19. The summed E-state index contributed by atoms with van der Waals surface area (Å²) in [6.45, 7) is 6.93. The summed E-state index contributed by atoms with van der Waals surface area (Å²) < 4.78 is 0. The van der Waals surface area contributed by atoms with E-state index in [1.54, 1.807) is 11.3 Å². The standard InChI is InChI=1S/C16H20N2OS2/c1-16(2,3)10-6-7-11-13(9-10)21-15(17-11)18-14(19)12-5-4-8-20-12/h4-5,8,10H,6-7,9H2,1-3H3,(H,17,18,19)/t10-/m0/s1. The molecule has 2 aromatic heterocycles. The van der Waals surface area contributed by atoms with Gasteiger partial charge in [-0.05, 0) is 42.0 Å². The first kappa shape index (κ1) is 14.7. The van der Waals surface area contributed by atoms with E-state index in [1.807, 2.05) is 17.5 Å². The second-order valence-electron chi connectivity index (χ2n) is 6.63. The molecule has 3 rings (SSSR count). The fourth-order valence-electron chi connectivity index (χ4n) is 2.73. The van der Waals surface area contributed by atoms with Crippen LogP contribution in [-0.2, 0) is 12.8 Å². The number of aromatic nitrogens is 1. The van der Waals surface area contributed by atoms with Gasteiger partial charge in [-0.1, -0.05) is 26.8 Å². The Balaban J connectivity index is 1.73. The minimum absolute atomic E-state index is 0.0523. The third-order valence-corrected chi connectivity index (χ3v) is 6.03. The van der Waals surface area contributed by atoms with Crippen LogP contribution in [0, 0.1) is 11.3 Å². The number of carbonyl (C=O) groups excluding carboxylic acids is 1. The van der Waals surface area contributed by atoms with Gasteiger partial charge in [0.25, 0.3) is 5.91 Å². The number of fused-ring (bicyclic) bond motifs is 1. The van der Waals surface area contributed by atoms with Crippen LogP contribution in [0.5, 0.6) is 0 Å². The van der Waals surface area contributed by atoms with Crippen molar-refractivity contribution in [2.75, 3.05) is 5.32 Å². The Morgan fingerprint density at radius 2 is 2.24 bits per heavy atom. The Bertz CT molecular complexity index is 638. The van der Waals surface area contributed by atoms with Gasteiger partial charge in [-0.25, -0.2) is 4.98 Å². The molecule has 0 aromatic carbocycles. The summed E-state index contributed by atoms with van der Waals surface area (Å²) in [4.78, 5) is 18.8. The molecule has 0 bridgehead atoms. The van der Waals surface area contributed by atoms with E-state index in [1.165, 1.54) is 28.3 Å². The molecule has 1 N–H and O–H groups in total. The molecule has 0 radical (unpaired) electrons. The highest BCUT2D eigenvalue weighted by Gasteiger charge is 2.30. The lowest BCUT2D eigenvalue weighted by molar-refractivity contribution is 0.103. The zero-order chi connectivity index (χ0) is 15.0. The van der Waals surface area contributed by atoms with Crippen LogP contribution >= 0.6 is 22.7 Å². The number of nitrogens with zero attached hydrogens (tertiary/aromatic N) is 1. The number of thiazole rings is 1. The van der Waals surface area contributed by atoms with Crippen LogP contribution in [0.2, 0.25) is 0 Å².